The molecule has 0 aliphatic heterocycles. The van der Waals surface area contributed by atoms with E-state index in [0.29, 0.717) is 23.6 Å². The minimum absolute atomic E-state index is 0.107. The molecule has 18 heavy (non-hydrogen) atoms. The van der Waals surface area contributed by atoms with Crippen LogP contribution in [0.1, 0.15) is 10.4 Å². The molecule has 1 aromatic carbocycles. The molecule has 0 saturated heterocycles. The zero-order valence-corrected chi connectivity index (χ0v) is 12.8. The van der Waals surface area contributed by atoms with Crippen molar-refractivity contribution in [3.05, 3.63) is 29.8 Å². The molecule has 0 amide bonds. The summed E-state index contributed by atoms with van der Waals surface area (Å²) in [6.45, 7) is 6.38. The summed E-state index contributed by atoms with van der Waals surface area (Å²) < 4.78 is 26.3. The third kappa shape index (κ3) is 5.01. The van der Waals surface area contributed by atoms with Crippen LogP contribution >= 0.6 is 0 Å². The van der Waals surface area contributed by atoms with Gasteiger partial charge in [-0.3, -0.25) is 9.52 Å². The summed E-state index contributed by atoms with van der Waals surface area (Å²) in [5.74, 6) is 0.107. The lowest BCUT2D eigenvalue weighted by Crippen LogP contribution is -2.27. The molecule has 1 rings (SSSR count). The maximum atomic E-state index is 11.9. The van der Waals surface area contributed by atoms with Crippen LogP contribution in [0.5, 0.6) is 0 Å². The van der Waals surface area contributed by atoms with Crippen molar-refractivity contribution in [1.29, 1.82) is 0 Å². The van der Waals surface area contributed by atoms with Crippen molar-refractivity contribution in [2.45, 2.75) is 25.7 Å². The van der Waals surface area contributed by atoms with Gasteiger partial charge < -0.3 is 0 Å². The molecule has 0 atom stereocenters. The molecule has 4 nitrogen and oxygen atoms in total. The van der Waals surface area contributed by atoms with E-state index in [2.05, 4.69) is 24.4 Å². The Kier molecular flexibility index (Phi) is 4.69. The van der Waals surface area contributed by atoms with Gasteiger partial charge in [-0.15, -0.1) is 0 Å². The Morgan fingerprint density at radius 3 is 2.39 bits per heavy atom. The van der Waals surface area contributed by atoms with Crippen molar-refractivity contribution < 1.29 is 13.2 Å². The van der Waals surface area contributed by atoms with Crippen molar-refractivity contribution in [3.8, 4) is 0 Å². The molecule has 100 valence electrons. The van der Waals surface area contributed by atoms with Crippen LogP contribution in [0.3, 0.4) is 0 Å². The number of aldehydes is 1. The molecule has 0 aromatic heterocycles. The van der Waals surface area contributed by atoms with Gasteiger partial charge in [0.2, 0.25) is 10.0 Å². The highest BCUT2D eigenvalue weighted by Crippen LogP contribution is 2.16. The predicted octanol–water partition coefficient (Wildman–Crippen LogP) is 2.58. The van der Waals surface area contributed by atoms with Crippen molar-refractivity contribution in [3.63, 3.8) is 0 Å². The smallest absolute Gasteiger partial charge is 0.232 e. The maximum absolute atomic E-state index is 11.9. The van der Waals surface area contributed by atoms with E-state index in [9.17, 15) is 13.2 Å². The fourth-order valence-electron chi connectivity index (χ4n) is 1.35. The van der Waals surface area contributed by atoms with Crippen LogP contribution in [0, 0.1) is 0 Å². The number of sulfonamides is 1. The summed E-state index contributed by atoms with van der Waals surface area (Å²) in [5, 5.41) is 0. The number of hydrogen-bond acceptors (Lipinski definition) is 3. The van der Waals surface area contributed by atoms with Gasteiger partial charge in [0.15, 0.2) is 6.29 Å². The molecule has 6 heteroatoms. The largest absolute Gasteiger partial charge is 0.298 e. The van der Waals surface area contributed by atoms with Gasteiger partial charge in [0.25, 0.3) is 0 Å². The Balaban J connectivity index is 2.80. The third-order valence-electron chi connectivity index (χ3n) is 2.47. The Labute approximate surface area is 109 Å². The van der Waals surface area contributed by atoms with Crippen LogP contribution in [-0.4, -0.2) is 28.5 Å². The minimum atomic E-state index is -3.37. The first-order valence-corrected chi connectivity index (χ1v) is 11.1. The topological polar surface area (TPSA) is 63.2 Å². The Hall–Kier alpha value is -1.14. The fourth-order valence-corrected chi connectivity index (χ4v) is 5.50. The summed E-state index contributed by atoms with van der Waals surface area (Å²) in [6.07, 6.45) is 0.649. The third-order valence-corrected chi connectivity index (χ3v) is 5.86. The van der Waals surface area contributed by atoms with Gasteiger partial charge in [0, 0.05) is 13.6 Å². The van der Waals surface area contributed by atoms with Crippen LogP contribution in [0.15, 0.2) is 24.3 Å². The van der Waals surface area contributed by atoms with E-state index in [1.807, 2.05) is 0 Å². The van der Waals surface area contributed by atoms with E-state index in [1.54, 1.807) is 24.3 Å². The average molecular weight is 285 g/mol. The molecule has 0 radical (unpaired) electrons. The summed E-state index contributed by atoms with van der Waals surface area (Å²) in [4.78, 5) is 10.8. The van der Waals surface area contributed by atoms with Crippen LogP contribution in [0.4, 0.5) is 5.69 Å². The van der Waals surface area contributed by atoms with Crippen LogP contribution in [-0.2, 0) is 10.0 Å². The van der Waals surface area contributed by atoms with Gasteiger partial charge in [0.1, 0.15) is 0 Å². The zero-order valence-electron chi connectivity index (χ0n) is 10.9. The first-order valence-electron chi connectivity index (χ1n) is 5.78. The molecule has 0 heterocycles. The monoisotopic (exact) mass is 285 g/mol. The molecule has 1 N–H and O–H groups in total. The van der Waals surface area contributed by atoms with Crippen LogP contribution in [0.2, 0.25) is 25.7 Å². The highest BCUT2D eigenvalue weighted by Gasteiger charge is 2.19. The van der Waals surface area contributed by atoms with Gasteiger partial charge in [-0.05, 0) is 18.2 Å². The van der Waals surface area contributed by atoms with Gasteiger partial charge >= 0.3 is 0 Å². The second kappa shape index (κ2) is 5.66. The van der Waals surface area contributed by atoms with Crippen molar-refractivity contribution >= 4 is 30.1 Å². The number of carbonyl (C=O) groups excluding carboxylic acids is 1. The molecule has 0 aliphatic carbocycles. The molecule has 0 spiro atoms. The lowest BCUT2D eigenvalue weighted by molar-refractivity contribution is 0.112. The molecule has 0 unspecified atom stereocenters. The molecular formula is C12H19NO3SSi. The first kappa shape index (κ1) is 14.9. The Morgan fingerprint density at radius 2 is 1.83 bits per heavy atom. The maximum Gasteiger partial charge on any atom is 0.232 e. The standard InChI is InChI=1S/C12H19NO3SSi/c1-18(2,3)9-8-17(15,16)13-12-7-5-4-6-11(12)10-14/h4-7,10,13H,8-9H2,1-3H3. The SMILES string of the molecule is C[Si](C)(C)CCS(=O)(=O)Nc1ccccc1C=O. The number of para-hydroxylation sites is 1. The lowest BCUT2D eigenvalue weighted by atomic mass is 10.2. The van der Waals surface area contributed by atoms with E-state index < -0.39 is 18.1 Å². The van der Waals surface area contributed by atoms with Gasteiger partial charge in [0.05, 0.1) is 11.4 Å². The zero-order chi connectivity index (χ0) is 13.8. The van der Waals surface area contributed by atoms with E-state index in [0.717, 1.165) is 0 Å². The highest BCUT2D eigenvalue weighted by atomic mass is 32.2. The van der Waals surface area contributed by atoms with Crippen molar-refractivity contribution in [2.24, 2.45) is 0 Å². The van der Waals surface area contributed by atoms with E-state index >= 15 is 0 Å². The minimum Gasteiger partial charge on any atom is -0.298 e. The number of benzene rings is 1. The van der Waals surface area contributed by atoms with Gasteiger partial charge in [-0.2, -0.15) is 0 Å². The lowest BCUT2D eigenvalue weighted by Gasteiger charge is -2.16. The summed E-state index contributed by atoms with van der Waals surface area (Å²) in [5.41, 5.74) is 0.706. The predicted molar refractivity (Wildman–Crippen MR) is 77.4 cm³/mol. The number of anilines is 1. The van der Waals surface area contributed by atoms with E-state index in [4.69, 9.17) is 0 Å². The summed E-state index contributed by atoms with van der Waals surface area (Å²) in [6, 6.07) is 7.28. The fraction of sp³-hybridized carbons (Fsp3) is 0.417. The van der Waals surface area contributed by atoms with Gasteiger partial charge in [-0.1, -0.05) is 31.8 Å². The second-order valence-corrected chi connectivity index (χ2v) is 12.9. The molecular weight excluding hydrogens is 266 g/mol. The number of carbonyl (C=O) groups is 1. The van der Waals surface area contributed by atoms with Crippen molar-refractivity contribution in [2.75, 3.05) is 10.5 Å². The van der Waals surface area contributed by atoms with Crippen LogP contribution in [0.25, 0.3) is 0 Å². The molecule has 0 bridgehead atoms. The molecule has 0 aliphatic rings. The quantitative estimate of drug-likeness (QED) is 0.645. The van der Waals surface area contributed by atoms with Crippen molar-refractivity contribution in [1.82, 2.24) is 0 Å². The molecule has 0 fully saturated rings. The first-order chi connectivity index (χ1) is 8.23. The van der Waals surface area contributed by atoms with Crippen LogP contribution < -0.4 is 4.72 Å². The summed E-state index contributed by atoms with van der Waals surface area (Å²) >= 11 is 0. The van der Waals surface area contributed by atoms with E-state index in [-0.39, 0.29) is 5.75 Å². The molecule has 1 aromatic rings. The summed E-state index contributed by atoms with van der Waals surface area (Å²) in [7, 11) is -4.77. The second-order valence-electron chi connectivity index (χ2n) is 5.44. The Morgan fingerprint density at radius 1 is 1.22 bits per heavy atom. The van der Waals surface area contributed by atoms with E-state index in [1.165, 1.54) is 0 Å². The average Bonchev–Trinajstić information content (AvgIpc) is 2.26. The highest BCUT2D eigenvalue weighted by molar-refractivity contribution is 7.92. The normalized spacial score (nSPS) is 12.2. The number of rotatable bonds is 6. The number of hydrogen-bond donors (Lipinski definition) is 1. The Bertz CT molecular complexity index is 520. The number of nitrogens with one attached hydrogen (secondary N) is 1. The van der Waals surface area contributed by atoms with Gasteiger partial charge in [-0.25, -0.2) is 8.42 Å². The molecule has 0 saturated carbocycles.